The molecule has 0 aliphatic heterocycles. The fraction of sp³-hybridized carbons (Fsp3) is 0. The SMILES string of the molecule is Cl.Cl.Cl.Cl.O.O.O.O.O.O.O.O.[O]=[Zr]. The van der Waals surface area contributed by atoms with Gasteiger partial charge in [0.25, 0.3) is 0 Å². The van der Waals surface area contributed by atoms with Crippen LogP contribution in [0.2, 0.25) is 0 Å². The van der Waals surface area contributed by atoms with Crippen LogP contribution in [-0.4, -0.2) is 43.8 Å². The first-order valence-electron chi connectivity index (χ1n) is 0.204. The topological polar surface area (TPSA) is 269 Å². The molecule has 0 aromatic heterocycles. The molecule has 0 fully saturated rings. The maximum atomic E-state index is 8.34. The molecule has 0 unspecified atom stereocenters. The van der Waals surface area contributed by atoms with Crippen LogP contribution in [0, 0.1) is 0 Å². The summed E-state index contributed by atoms with van der Waals surface area (Å²) in [6, 6.07) is 0. The summed E-state index contributed by atoms with van der Waals surface area (Å²) in [5.74, 6) is 0. The molecular formula is H20Cl4O9Zr. The molecular weight excluding hydrogens is 377 g/mol. The normalized spacial score (nSPS) is 0.214. The Balaban J connectivity index is -0.0000000000758. The molecule has 0 spiro atoms. The molecule has 16 N–H and O–H groups in total. The van der Waals surface area contributed by atoms with E-state index in [0.29, 0.717) is 24.7 Å². The monoisotopic (exact) mass is 394 g/mol. The third kappa shape index (κ3) is 914. The molecule has 106 valence electrons. The number of halogens is 4. The summed E-state index contributed by atoms with van der Waals surface area (Å²) >= 11 is 0.300. The van der Waals surface area contributed by atoms with Crippen molar-refractivity contribution in [2.45, 2.75) is 0 Å². The van der Waals surface area contributed by atoms with E-state index in [1.807, 2.05) is 0 Å². The molecule has 0 aromatic rings. The van der Waals surface area contributed by atoms with Gasteiger partial charge in [-0.25, -0.2) is 0 Å². The standard InChI is InChI=1S/4ClH.8H2O.O.Zr/h4*1H;8*1H2;;. The predicted octanol–water partition coefficient (Wildman–Crippen LogP) is -5.03. The van der Waals surface area contributed by atoms with E-state index in [2.05, 4.69) is 0 Å². The van der Waals surface area contributed by atoms with E-state index in [4.69, 9.17) is 2.81 Å². The van der Waals surface area contributed by atoms with E-state index >= 15 is 0 Å². The molecule has 0 saturated carbocycles. The Kier molecular flexibility index (Phi) is 42100. The molecule has 0 bridgehead atoms. The van der Waals surface area contributed by atoms with E-state index < -0.39 is 0 Å². The van der Waals surface area contributed by atoms with Crippen LogP contribution < -0.4 is 0 Å². The maximum absolute atomic E-state index is 8.34. The van der Waals surface area contributed by atoms with Crippen LogP contribution in [0.5, 0.6) is 0 Å². The van der Waals surface area contributed by atoms with E-state index in [0.717, 1.165) is 0 Å². The Bertz CT molecular complexity index is 16.8. The fourth-order valence-electron chi connectivity index (χ4n) is 0. The van der Waals surface area contributed by atoms with Crippen molar-refractivity contribution in [1.82, 2.24) is 0 Å². The summed E-state index contributed by atoms with van der Waals surface area (Å²) in [6.45, 7) is 0. The summed E-state index contributed by atoms with van der Waals surface area (Å²) in [6.07, 6.45) is 0. The zero-order chi connectivity index (χ0) is 2.00. The molecule has 0 aliphatic carbocycles. The molecule has 0 aromatic carbocycles. The second-order valence-electron chi connectivity index (χ2n) is 0. The molecule has 0 rings (SSSR count). The number of rotatable bonds is 0. The molecule has 0 atom stereocenters. The summed E-state index contributed by atoms with van der Waals surface area (Å²) in [7, 11) is 0. The van der Waals surface area contributed by atoms with Crippen molar-refractivity contribution in [3.8, 4) is 0 Å². The Morgan fingerprint density at radius 3 is 0.357 bits per heavy atom. The minimum absolute atomic E-state index is 0. The number of hydrogen-bond donors (Lipinski definition) is 0. The van der Waals surface area contributed by atoms with Gasteiger partial charge in [-0.2, -0.15) is 0 Å². The summed E-state index contributed by atoms with van der Waals surface area (Å²) in [4.78, 5) is 0. The van der Waals surface area contributed by atoms with Crippen LogP contribution >= 0.6 is 49.6 Å². The van der Waals surface area contributed by atoms with Crippen molar-refractivity contribution in [3.05, 3.63) is 0 Å². The van der Waals surface area contributed by atoms with Gasteiger partial charge in [0, 0.05) is 0 Å². The van der Waals surface area contributed by atoms with Crippen molar-refractivity contribution in [3.63, 3.8) is 0 Å². The Morgan fingerprint density at radius 2 is 0.357 bits per heavy atom. The Labute approximate surface area is 120 Å². The Hall–Kier alpha value is 1.52. The van der Waals surface area contributed by atoms with Gasteiger partial charge in [-0.3, -0.25) is 0 Å². The predicted molar refractivity (Wildman–Crippen MR) is 58.6 cm³/mol. The van der Waals surface area contributed by atoms with Gasteiger partial charge in [-0.15, -0.1) is 49.6 Å². The summed E-state index contributed by atoms with van der Waals surface area (Å²) < 4.78 is 8.34. The van der Waals surface area contributed by atoms with Crippen LogP contribution in [0.1, 0.15) is 0 Å². The molecule has 14 heavy (non-hydrogen) atoms. The fourth-order valence-corrected chi connectivity index (χ4v) is 0. The summed E-state index contributed by atoms with van der Waals surface area (Å²) in [5, 5.41) is 0. The van der Waals surface area contributed by atoms with Gasteiger partial charge in [-0.05, 0) is 0 Å². The quantitative estimate of drug-likeness (QED) is 0.381. The van der Waals surface area contributed by atoms with Crippen molar-refractivity contribution < 1.29 is 71.3 Å². The van der Waals surface area contributed by atoms with Gasteiger partial charge >= 0.3 is 27.5 Å². The van der Waals surface area contributed by atoms with Crippen LogP contribution in [0.3, 0.4) is 0 Å². The molecule has 0 saturated heterocycles. The third-order valence-corrected chi connectivity index (χ3v) is 0. The van der Waals surface area contributed by atoms with Crippen molar-refractivity contribution in [1.29, 1.82) is 0 Å². The van der Waals surface area contributed by atoms with Crippen LogP contribution in [-0.2, 0) is 27.5 Å². The van der Waals surface area contributed by atoms with Crippen LogP contribution in [0.15, 0.2) is 0 Å². The van der Waals surface area contributed by atoms with Crippen molar-refractivity contribution >= 4 is 49.6 Å². The molecule has 0 aliphatic rings. The average Bonchev–Trinajstić information content (AvgIpc) is 1.00. The second-order valence-corrected chi connectivity index (χ2v) is 0. The molecule has 9 nitrogen and oxygen atoms in total. The summed E-state index contributed by atoms with van der Waals surface area (Å²) in [5.41, 5.74) is 0. The Morgan fingerprint density at radius 1 is 0.357 bits per heavy atom. The van der Waals surface area contributed by atoms with E-state index in [9.17, 15) is 0 Å². The first kappa shape index (κ1) is 514. The average molecular weight is 397 g/mol. The zero-order valence-corrected chi connectivity index (χ0v) is 12.3. The van der Waals surface area contributed by atoms with Gasteiger partial charge in [0.15, 0.2) is 0 Å². The molecule has 0 amide bonds. The molecule has 0 heterocycles. The van der Waals surface area contributed by atoms with E-state index in [1.54, 1.807) is 0 Å². The van der Waals surface area contributed by atoms with Gasteiger partial charge in [0.2, 0.25) is 0 Å². The van der Waals surface area contributed by atoms with Crippen molar-refractivity contribution in [2.24, 2.45) is 0 Å². The van der Waals surface area contributed by atoms with Gasteiger partial charge < -0.3 is 43.8 Å². The number of hydrogen-bond acceptors (Lipinski definition) is 1. The zero-order valence-electron chi connectivity index (χ0n) is 6.54. The van der Waals surface area contributed by atoms with Gasteiger partial charge in [0.05, 0.1) is 0 Å². The molecule has 0 radical (unpaired) electrons. The van der Waals surface area contributed by atoms with Crippen LogP contribution in [0.4, 0.5) is 0 Å². The van der Waals surface area contributed by atoms with Crippen LogP contribution in [0.25, 0.3) is 0 Å². The minimum atomic E-state index is 0. The van der Waals surface area contributed by atoms with Gasteiger partial charge in [0.1, 0.15) is 0 Å². The van der Waals surface area contributed by atoms with Gasteiger partial charge in [-0.1, -0.05) is 0 Å². The third-order valence-electron chi connectivity index (χ3n) is 0. The molecule has 14 heteroatoms. The van der Waals surface area contributed by atoms with E-state index in [1.165, 1.54) is 0 Å². The van der Waals surface area contributed by atoms with Crippen molar-refractivity contribution in [2.75, 3.05) is 0 Å². The first-order chi connectivity index (χ1) is 1.00. The first-order valence-corrected chi connectivity index (χ1v) is 1.21. The second kappa shape index (κ2) is 1140. The van der Waals surface area contributed by atoms with E-state index in [-0.39, 0.29) is 93.4 Å².